The van der Waals surface area contributed by atoms with Gasteiger partial charge in [-0.25, -0.2) is 0 Å². The van der Waals surface area contributed by atoms with Gasteiger partial charge in [0.15, 0.2) is 0 Å². The molecule has 1 N–H and O–H groups in total. The van der Waals surface area contributed by atoms with Crippen LogP contribution in [0, 0.1) is 0 Å². The molecule has 1 aromatic rings. The second-order valence-electron chi connectivity index (χ2n) is 4.31. The number of ether oxygens (including phenoxy) is 1. The molecule has 94 valence electrons. The second-order valence-corrected chi connectivity index (χ2v) is 5.98. The third-order valence-electron chi connectivity index (χ3n) is 2.57. The molecule has 1 unspecified atom stereocenters. The van der Waals surface area contributed by atoms with E-state index in [0.717, 1.165) is 11.0 Å². The number of halogens is 3. The molecule has 0 spiro atoms. The van der Waals surface area contributed by atoms with E-state index in [1.54, 1.807) is 12.1 Å². The van der Waals surface area contributed by atoms with E-state index in [1.165, 1.54) is 12.8 Å². The first-order valence-electron chi connectivity index (χ1n) is 5.61. The number of rotatable bonds is 5. The molecule has 0 aliphatic heterocycles. The Morgan fingerprint density at radius 2 is 2.12 bits per heavy atom. The smallest absolute Gasteiger partial charge is 0.139 e. The fourth-order valence-corrected chi connectivity index (χ4v) is 2.31. The van der Waals surface area contributed by atoms with Gasteiger partial charge in [0.25, 0.3) is 0 Å². The SMILES string of the molecule is CC(CNC1CC1)Oc1cc(Cl)c(Br)cc1Cl. The van der Waals surface area contributed by atoms with Crippen LogP contribution in [0.2, 0.25) is 10.0 Å². The topological polar surface area (TPSA) is 21.3 Å². The average Bonchev–Trinajstić information content (AvgIpc) is 3.07. The summed E-state index contributed by atoms with van der Waals surface area (Å²) in [6.45, 7) is 2.84. The van der Waals surface area contributed by atoms with E-state index < -0.39 is 0 Å². The number of nitrogens with one attached hydrogen (secondary N) is 1. The zero-order valence-electron chi connectivity index (χ0n) is 9.47. The van der Waals surface area contributed by atoms with Crippen molar-refractivity contribution in [3.05, 3.63) is 26.7 Å². The maximum atomic E-state index is 6.09. The van der Waals surface area contributed by atoms with E-state index in [2.05, 4.69) is 21.2 Å². The zero-order chi connectivity index (χ0) is 12.4. The molecule has 0 amide bonds. The molecule has 0 bridgehead atoms. The van der Waals surface area contributed by atoms with Crippen LogP contribution < -0.4 is 10.1 Å². The quantitative estimate of drug-likeness (QED) is 0.809. The second kappa shape index (κ2) is 5.79. The molecule has 1 aromatic carbocycles. The monoisotopic (exact) mass is 337 g/mol. The van der Waals surface area contributed by atoms with Crippen molar-refractivity contribution in [1.29, 1.82) is 0 Å². The Kier molecular flexibility index (Phi) is 4.59. The fourth-order valence-electron chi connectivity index (χ4n) is 1.47. The van der Waals surface area contributed by atoms with Gasteiger partial charge in [0.2, 0.25) is 0 Å². The predicted octanol–water partition coefficient (Wildman–Crippen LogP) is 4.28. The molecule has 1 aliphatic carbocycles. The highest BCUT2D eigenvalue weighted by atomic mass is 79.9. The van der Waals surface area contributed by atoms with Crippen molar-refractivity contribution >= 4 is 39.1 Å². The van der Waals surface area contributed by atoms with E-state index in [-0.39, 0.29) is 6.10 Å². The molecule has 1 atom stereocenters. The van der Waals surface area contributed by atoms with Gasteiger partial charge < -0.3 is 10.1 Å². The van der Waals surface area contributed by atoms with Crippen molar-refractivity contribution < 1.29 is 4.74 Å². The normalized spacial score (nSPS) is 16.9. The lowest BCUT2D eigenvalue weighted by Crippen LogP contribution is -2.30. The van der Waals surface area contributed by atoms with Crippen molar-refractivity contribution in [2.45, 2.75) is 31.9 Å². The summed E-state index contributed by atoms with van der Waals surface area (Å²) in [5.41, 5.74) is 0. The number of hydrogen-bond donors (Lipinski definition) is 1. The molecular formula is C12H14BrCl2NO. The first-order chi connectivity index (χ1) is 8.06. The summed E-state index contributed by atoms with van der Waals surface area (Å²) < 4.78 is 6.54. The molecule has 2 rings (SSSR count). The third-order valence-corrected chi connectivity index (χ3v) is 4.07. The van der Waals surface area contributed by atoms with Crippen LogP contribution in [0.15, 0.2) is 16.6 Å². The van der Waals surface area contributed by atoms with Crippen molar-refractivity contribution in [2.75, 3.05) is 6.54 Å². The van der Waals surface area contributed by atoms with Gasteiger partial charge in [0.1, 0.15) is 11.9 Å². The lowest BCUT2D eigenvalue weighted by Gasteiger charge is -2.16. The third kappa shape index (κ3) is 4.02. The highest BCUT2D eigenvalue weighted by Gasteiger charge is 2.21. The molecule has 2 nitrogen and oxygen atoms in total. The van der Waals surface area contributed by atoms with E-state index >= 15 is 0 Å². The maximum absolute atomic E-state index is 6.09. The summed E-state index contributed by atoms with van der Waals surface area (Å²) in [6, 6.07) is 4.17. The Bertz CT molecular complexity index is 410. The Morgan fingerprint density at radius 3 is 2.76 bits per heavy atom. The molecule has 0 heterocycles. The molecule has 0 saturated heterocycles. The van der Waals surface area contributed by atoms with Crippen molar-refractivity contribution in [3.63, 3.8) is 0 Å². The largest absolute Gasteiger partial charge is 0.488 e. The van der Waals surface area contributed by atoms with Gasteiger partial charge in [-0.1, -0.05) is 23.2 Å². The Morgan fingerprint density at radius 1 is 1.41 bits per heavy atom. The zero-order valence-corrected chi connectivity index (χ0v) is 12.6. The van der Waals surface area contributed by atoms with Gasteiger partial charge in [-0.3, -0.25) is 0 Å². The Balaban J connectivity index is 1.94. The van der Waals surface area contributed by atoms with E-state index in [0.29, 0.717) is 21.8 Å². The highest BCUT2D eigenvalue weighted by Crippen LogP contribution is 2.34. The van der Waals surface area contributed by atoms with Crippen LogP contribution in [0.1, 0.15) is 19.8 Å². The minimum absolute atomic E-state index is 0.0744. The van der Waals surface area contributed by atoms with Crippen molar-refractivity contribution in [1.82, 2.24) is 5.32 Å². The van der Waals surface area contributed by atoms with Crippen molar-refractivity contribution in [3.8, 4) is 5.75 Å². The minimum atomic E-state index is 0.0744. The molecule has 0 radical (unpaired) electrons. The van der Waals surface area contributed by atoms with E-state index in [4.69, 9.17) is 27.9 Å². The van der Waals surface area contributed by atoms with Gasteiger partial charge in [-0.15, -0.1) is 0 Å². The summed E-state index contributed by atoms with van der Waals surface area (Å²) >= 11 is 15.4. The van der Waals surface area contributed by atoms with Gasteiger partial charge in [-0.2, -0.15) is 0 Å². The van der Waals surface area contributed by atoms with Crippen LogP contribution in [0.5, 0.6) is 5.75 Å². The van der Waals surface area contributed by atoms with Crippen LogP contribution >= 0.6 is 39.1 Å². The number of benzene rings is 1. The average molecular weight is 339 g/mol. The van der Waals surface area contributed by atoms with Crippen molar-refractivity contribution in [2.24, 2.45) is 0 Å². The predicted molar refractivity (Wildman–Crippen MR) is 75.3 cm³/mol. The molecular weight excluding hydrogens is 325 g/mol. The fraction of sp³-hybridized carbons (Fsp3) is 0.500. The van der Waals surface area contributed by atoms with Crippen LogP contribution in [0.4, 0.5) is 0 Å². The first-order valence-corrected chi connectivity index (χ1v) is 7.15. The lowest BCUT2D eigenvalue weighted by molar-refractivity contribution is 0.217. The van der Waals surface area contributed by atoms with Gasteiger partial charge in [0.05, 0.1) is 10.0 Å². The highest BCUT2D eigenvalue weighted by molar-refractivity contribution is 9.10. The lowest BCUT2D eigenvalue weighted by atomic mass is 10.3. The van der Waals surface area contributed by atoms with Crippen LogP contribution in [-0.4, -0.2) is 18.7 Å². The van der Waals surface area contributed by atoms with E-state index in [9.17, 15) is 0 Å². The summed E-state index contributed by atoms with van der Waals surface area (Å²) in [6.07, 6.45) is 2.63. The minimum Gasteiger partial charge on any atom is -0.488 e. The number of hydrogen-bond acceptors (Lipinski definition) is 2. The summed E-state index contributed by atoms with van der Waals surface area (Å²) in [5.74, 6) is 0.630. The first kappa shape index (κ1) is 13.5. The molecule has 0 aromatic heterocycles. The Hall–Kier alpha value is 0.0400. The van der Waals surface area contributed by atoms with Crippen LogP contribution in [0.3, 0.4) is 0 Å². The summed E-state index contributed by atoms with van der Waals surface area (Å²) in [4.78, 5) is 0. The molecule has 1 saturated carbocycles. The van der Waals surface area contributed by atoms with Gasteiger partial charge in [-0.05, 0) is 41.8 Å². The molecule has 17 heavy (non-hydrogen) atoms. The van der Waals surface area contributed by atoms with E-state index in [1.807, 2.05) is 6.92 Å². The Labute approximate surface area is 120 Å². The summed E-state index contributed by atoms with van der Waals surface area (Å²) in [7, 11) is 0. The van der Waals surface area contributed by atoms with Gasteiger partial charge >= 0.3 is 0 Å². The van der Waals surface area contributed by atoms with Gasteiger partial charge in [0, 0.05) is 23.1 Å². The molecule has 1 aliphatic rings. The summed E-state index contributed by atoms with van der Waals surface area (Å²) in [5, 5.41) is 4.58. The molecule has 5 heteroatoms. The standard InChI is InChI=1S/C12H14BrCl2NO/c1-7(6-16-8-2-3-8)17-12-5-10(14)9(13)4-11(12)15/h4-5,7-8,16H,2-3,6H2,1H3. The molecule has 1 fully saturated rings. The van der Waals surface area contributed by atoms with Crippen LogP contribution in [-0.2, 0) is 0 Å². The van der Waals surface area contributed by atoms with Crippen LogP contribution in [0.25, 0.3) is 0 Å². The maximum Gasteiger partial charge on any atom is 0.139 e.